The lowest BCUT2D eigenvalue weighted by atomic mass is 10.3. The van der Waals surface area contributed by atoms with Crippen LogP contribution in [-0.2, 0) is 10.0 Å². The van der Waals surface area contributed by atoms with Crippen molar-refractivity contribution < 1.29 is 12.8 Å². The highest BCUT2D eigenvalue weighted by Gasteiger charge is 2.15. The van der Waals surface area contributed by atoms with Gasteiger partial charge in [0, 0.05) is 11.5 Å². The number of para-hydroxylation sites is 1. The summed E-state index contributed by atoms with van der Waals surface area (Å²) in [4.78, 5) is -0.0538. The van der Waals surface area contributed by atoms with Gasteiger partial charge in [0.1, 0.15) is 4.90 Å². The summed E-state index contributed by atoms with van der Waals surface area (Å²) in [5.74, 6) is 0. The van der Waals surface area contributed by atoms with Crippen LogP contribution in [0.3, 0.4) is 0 Å². The van der Waals surface area contributed by atoms with Gasteiger partial charge in [0.2, 0.25) is 10.0 Å². The molecule has 0 unspecified atom stereocenters. The normalized spacial score (nSPS) is 12.1. The standard InChI is InChI=1S/C8H6ClNO3S/c9-7-4-5-2-1-3-6(8(5)13-7)14(10,11)12/h1-4H,(H2,10,11,12). The molecule has 6 heteroatoms. The van der Waals surface area contributed by atoms with Gasteiger partial charge in [-0.25, -0.2) is 13.6 Å². The van der Waals surface area contributed by atoms with Gasteiger partial charge >= 0.3 is 0 Å². The van der Waals surface area contributed by atoms with Gasteiger partial charge in [0.15, 0.2) is 10.8 Å². The Morgan fingerprint density at radius 1 is 1.36 bits per heavy atom. The monoisotopic (exact) mass is 231 g/mol. The Morgan fingerprint density at radius 2 is 2.07 bits per heavy atom. The molecule has 4 nitrogen and oxygen atoms in total. The molecule has 0 aliphatic rings. The van der Waals surface area contributed by atoms with E-state index in [2.05, 4.69) is 0 Å². The maximum absolute atomic E-state index is 11.1. The van der Waals surface area contributed by atoms with Gasteiger partial charge < -0.3 is 4.42 Å². The zero-order chi connectivity index (χ0) is 10.3. The van der Waals surface area contributed by atoms with Crippen LogP contribution in [0.25, 0.3) is 11.0 Å². The van der Waals surface area contributed by atoms with Gasteiger partial charge in [-0.3, -0.25) is 0 Å². The minimum absolute atomic E-state index is 0.0538. The Kier molecular flexibility index (Phi) is 2.02. The number of nitrogens with two attached hydrogens (primary N) is 1. The molecule has 0 aliphatic carbocycles. The first-order chi connectivity index (χ1) is 6.48. The maximum Gasteiger partial charge on any atom is 0.241 e. The van der Waals surface area contributed by atoms with Crippen molar-refractivity contribution in [3.05, 3.63) is 29.5 Å². The largest absolute Gasteiger partial charge is 0.443 e. The number of hydrogen-bond acceptors (Lipinski definition) is 3. The molecule has 2 aromatic rings. The first-order valence-electron chi connectivity index (χ1n) is 3.69. The molecule has 0 aliphatic heterocycles. The fraction of sp³-hybridized carbons (Fsp3) is 0. The summed E-state index contributed by atoms with van der Waals surface area (Å²) in [6, 6.07) is 6.18. The van der Waals surface area contributed by atoms with Crippen molar-refractivity contribution in [1.29, 1.82) is 0 Å². The number of halogens is 1. The number of furan rings is 1. The summed E-state index contributed by atoms with van der Waals surface area (Å²) in [5, 5.41) is 5.75. The minimum atomic E-state index is -3.77. The topological polar surface area (TPSA) is 73.3 Å². The Balaban J connectivity index is 2.90. The average molecular weight is 232 g/mol. The summed E-state index contributed by atoms with van der Waals surface area (Å²) in [7, 11) is -3.77. The molecule has 74 valence electrons. The lowest BCUT2D eigenvalue weighted by Gasteiger charge is -1.97. The van der Waals surface area contributed by atoms with E-state index in [9.17, 15) is 8.42 Å². The van der Waals surface area contributed by atoms with E-state index in [4.69, 9.17) is 21.2 Å². The van der Waals surface area contributed by atoms with Crippen LogP contribution in [0.2, 0.25) is 5.22 Å². The smallest absolute Gasteiger partial charge is 0.241 e. The lowest BCUT2D eigenvalue weighted by molar-refractivity contribution is 0.586. The first kappa shape index (κ1) is 9.51. The fourth-order valence-electron chi connectivity index (χ4n) is 1.23. The molecule has 1 heterocycles. The van der Waals surface area contributed by atoms with E-state index in [-0.39, 0.29) is 15.7 Å². The van der Waals surface area contributed by atoms with Crippen LogP contribution in [0.4, 0.5) is 0 Å². The second kappa shape index (κ2) is 2.98. The van der Waals surface area contributed by atoms with Crippen molar-refractivity contribution in [2.75, 3.05) is 0 Å². The molecule has 0 fully saturated rings. The zero-order valence-corrected chi connectivity index (χ0v) is 8.47. The van der Waals surface area contributed by atoms with Gasteiger partial charge in [-0.15, -0.1) is 0 Å². The summed E-state index contributed by atoms with van der Waals surface area (Å²) in [6.07, 6.45) is 0. The fourth-order valence-corrected chi connectivity index (χ4v) is 2.11. The van der Waals surface area contributed by atoms with E-state index in [1.807, 2.05) is 0 Å². The number of sulfonamides is 1. The van der Waals surface area contributed by atoms with Crippen molar-refractivity contribution in [2.45, 2.75) is 4.90 Å². The van der Waals surface area contributed by atoms with E-state index in [0.29, 0.717) is 5.39 Å². The first-order valence-corrected chi connectivity index (χ1v) is 5.62. The van der Waals surface area contributed by atoms with Gasteiger partial charge in [-0.05, 0) is 17.7 Å². The highest BCUT2D eigenvalue weighted by atomic mass is 35.5. The van der Waals surface area contributed by atoms with Crippen molar-refractivity contribution in [1.82, 2.24) is 0 Å². The molecule has 1 aromatic heterocycles. The van der Waals surface area contributed by atoms with E-state index >= 15 is 0 Å². The lowest BCUT2D eigenvalue weighted by Crippen LogP contribution is -2.12. The van der Waals surface area contributed by atoms with Gasteiger partial charge in [-0.2, -0.15) is 0 Å². The summed E-state index contributed by atoms with van der Waals surface area (Å²) >= 11 is 5.60. The van der Waals surface area contributed by atoms with Crippen molar-refractivity contribution >= 4 is 32.6 Å². The second-order valence-electron chi connectivity index (χ2n) is 2.77. The van der Waals surface area contributed by atoms with Crippen molar-refractivity contribution in [2.24, 2.45) is 5.14 Å². The molecule has 0 spiro atoms. The number of primary sulfonamides is 1. The van der Waals surface area contributed by atoms with E-state index in [1.165, 1.54) is 12.1 Å². The van der Waals surface area contributed by atoms with Crippen molar-refractivity contribution in [3.63, 3.8) is 0 Å². The van der Waals surface area contributed by atoms with E-state index in [1.54, 1.807) is 12.1 Å². The maximum atomic E-state index is 11.1. The van der Waals surface area contributed by atoms with Crippen LogP contribution in [0, 0.1) is 0 Å². The molecule has 2 N–H and O–H groups in total. The van der Waals surface area contributed by atoms with Crippen LogP contribution < -0.4 is 5.14 Å². The molecule has 0 saturated carbocycles. The van der Waals surface area contributed by atoms with E-state index in [0.717, 1.165) is 0 Å². The third kappa shape index (κ3) is 1.50. The molecule has 1 aromatic carbocycles. The molecule has 2 rings (SSSR count). The SMILES string of the molecule is NS(=O)(=O)c1cccc2cc(Cl)oc12. The summed E-state index contributed by atoms with van der Waals surface area (Å²) < 4.78 is 27.3. The molecule has 0 amide bonds. The summed E-state index contributed by atoms with van der Waals surface area (Å²) in [5.41, 5.74) is 0.194. The highest BCUT2D eigenvalue weighted by Crippen LogP contribution is 2.27. The number of rotatable bonds is 1. The molecule has 0 saturated heterocycles. The average Bonchev–Trinajstić information content (AvgIpc) is 2.41. The number of hydrogen-bond donors (Lipinski definition) is 1. The van der Waals surface area contributed by atoms with Crippen LogP contribution in [0.15, 0.2) is 33.6 Å². The van der Waals surface area contributed by atoms with Crippen LogP contribution in [0.1, 0.15) is 0 Å². The Morgan fingerprint density at radius 3 is 2.71 bits per heavy atom. The third-order valence-electron chi connectivity index (χ3n) is 1.78. The van der Waals surface area contributed by atoms with Crippen molar-refractivity contribution in [3.8, 4) is 0 Å². The Bertz CT molecular complexity index is 588. The predicted octanol–water partition coefficient (Wildman–Crippen LogP) is 1.73. The highest BCUT2D eigenvalue weighted by molar-refractivity contribution is 7.89. The second-order valence-corrected chi connectivity index (χ2v) is 4.67. The third-order valence-corrected chi connectivity index (χ3v) is 2.91. The van der Waals surface area contributed by atoms with E-state index < -0.39 is 10.0 Å². The Hall–Kier alpha value is -1.04. The van der Waals surface area contributed by atoms with Gasteiger partial charge in [0.05, 0.1) is 0 Å². The number of benzene rings is 1. The van der Waals surface area contributed by atoms with Crippen LogP contribution >= 0.6 is 11.6 Å². The zero-order valence-electron chi connectivity index (χ0n) is 6.90. The molecule has 0 radical (unpaired) electrons. The molecule has 0 bridgehead atoms. The molecule has 14 heavy (non-hydrogen) atoms. The number of fused-ring (bicyclic) bond motifs is 1. The molecular weight excluding hydrogens is 226 g/mol. The van der Waals surface area contributed by atoms with Crippen LogP contribution in [0.5, 0.6) is 0 Å². The predicted molar refractivity (Wildman–Crippen MR) is 52.6 cm³/mol. The summed E-state index contributed by atoms with van der Waals surface area (Å²) in [6.45, 7) is 0. The van der Waals surface area contributed by atoms with Gasteiger partial charge in [-0.1, -0.05) is 12.1 Å². The quantitative estimate of drug-likeness (QED) is 0.812. The molecule has 0 atom stereocenters. The molecular formula is C8H6ClNO3S. The minimum Gasteiger partial charge on any atom is -0.443 e. The van der Waals surface area contributed by atoms with Crippen LogP contribution in [-0.4, -0.2) is 8.42 Å². The Labute approximate surface area is 85.3 Å². The van der Waals surface area contributed by atoms with Gasteiger partial charge in [0.25, 0.3) is 0 Å².